The van der Waals surface area contributed by atoms with Crippen molar-refractivity contribution in [3.63, 3.8) is 0 Å². The van der Waals surface area contributed by atoms with Crippen LogP contribution in [-0.4, -0.2) is 49.3 Å². The summed E-state index contributed by atoms with van der Waals surface area (Å²) in [5.74, 6) is 0.857. The van der Waals surface area contributed by atoms with E-state index in [1.165, 1.54) is 4.31 Å². The molecule has 1 fully saturated rings. The van der Waals surface area contributed by atoms with Crippen LogP contribution >= 0.6 is 23.4 Å². The minimum Gasteiger partial charge on any atom is -0.353 e. The average Bonchev–Trinajstić information content (AvgIpc) is 2.57. The molecule has 0 atom stereocenters. The van der Waals surface area contributed by atoms with Crippen LogP contribution in [0.2, 0.25) is 5.02 Å². The SMILES string of the molecule is CCS(=O)(=O)N1CCC(NC(=O)CCSc2ccc(Cl)cc2)CC1. The number of carbonyl (C=O) groups excluding carboxylic acids is 1. The first kappa shape index (κ1) is 19.6. The van der Waals surface area contributed by atoms with E-state index in [0.29, 0.717) is 43.1 Å². The molecule has 1 saturated heterocycles. The molecule has 0 spiro atoms. The van der Waals surface area contributed by atoms with E-state index in [0.717, 1.165) is 4.90 Å². The zero-order chi connectivity index (χ0) is 17.6. The topological polar surface area (TPSA) is 66.5 Å². The summed E-state index contributed by atoms with van der Waals surface area (Å²) in [4.78, 5) is 13.1. The molecule has 0 aliphatic carbocycles. The zero-order valence-electron chi connectivity index (χ0n) is 13.7. The summed E-state index contributed by atoms with van der Waals surface area (Å²) in [7, 11) is -3.11. The highest BCUT2D eigenvalue weighted by atomic mass is 35.5. The lowest BCUT2D eigenvalue weighted by Crippen LogP contribution is -2.46. The Bertz CT molecular complexity index is 642. The summed E-state index contributed by atoms with van der Waals surface area (Å²) < 4.78 is 25.1. The Morgan fingerprint density at radius 1 is 1.29 bits per heavy atom. The van der Waals surface area contributed by atoms with E-state index in [1.807, 2.05) is 24.3 Å². The van der Waals surface area contributed by atoms with Crippen molar-refractivity contribution < 1.29 is 13.2 Å². The van der Waals surface area contributed by atoms with Crippen LogP contribution < -0.4 is 5.32 Å². The summed E-state index contributed by atoms with van der Waals surface area (Å²) in [5, 5.41) is 3.71. The fourth-order valence-corrected chi connectivity index (χ4v) is 4.66. The smallest absolute Gasteiger partial charge is 0.221 e. The molecule has 134 valence electrons. The number of hydrogen-bond donors (Lipinski definition) is 1. The summed E-state index contributed by atoms with van der Waals surface area (Å²) in [6.45, 7) is 2.63. The van der Waals surface area contributed by atoms with E-state index < -0.39 is 10.0 Å². The summed E-state index contributed by atoms with van der Waals surface area (Å²) in [5.41, 5.74) is 0. The Labute approximate surface area is 153 Å². The molecule has 8 heteroatoms. The maximum atomic E-state index is 12.0. The number of hydrogen-bond acceptors (Lipinski definition) is 4. The maximum Gasteiger partial charge on any atom is 0.221 e. The molecule has 1 aromatic rings. The quantitative estimate of drug-likeness (QED) is 0.727. The normalized spacial score (nSPS) is 16.9. The number of benzene rings is 1. The predicted octanol–water partition coefficient (Wildman–Crippen LogP) is 2.75. The van der Waals surface area contributed by atoms with E-state index >= 15 is 0 Å². The van der Waals surface area contributed by atoms with Crippen LogP contribution in [0.4, 0.5) is 0 Å². The maximum absolute atomic E-state index is 12.0. The zero-order valence-corrected chi connectivity index (χ0v) is 16.1. The van der Waals surface area contributed by atoms with Crippen LogP contribution in [0.1, 0.15) is 26.2 Å². The molecule has 1 heterocycles. The molecule has 0 aromatic heterocycles. The summed E-state index contributed by atoms with van der Waals surface area (Å²) in [6, 6.07) is 7.62. The molecule has 0 saturated carbocycles. The van der Waals surface area contributed by atoms with Crippen molar-refractivity contribution in [1.29, 1.82) is 0 Å². The lowest BCUT2D eigenvalue weighted by atomic mass is 10.1. The van der Waals surface area contributed by atoms with Crippen molar-refractivity contribution in [1.82, 2.24) is 9.62 Å². The molecule has 24 heavy (non-hydrogen) atoms. The van der Waals surface area contributed by atoms with Gasteiger partial charge in [-0.3, -0.25) is 4.79 Å². The van der Waals surface area contributed by atoms with Crippen molar-refractivity contribution in [2.75, 3.05) is 24.6 Å². The lowest BCUT2D eigenvalue weighted by Gasteiger charge is -2.31. The van der Waals surface area contributed by atoms with Gasteiger partial charge in [0.15, 0.2) is 0 Å². The fraction of sp³-hybridized carbons (Fsp3) is 0.562. The van der Waals surface area contributed by atoms with Gasteiger partial charge in [0, 0.05) is 41.2 Å². The Morgan fingerprint density at radius 3 is 2.50 bits per heavy atom. The van der Waals surface area contributed by atoms with Gasteiger partial charge in [0.25, 0.3) is 0 Å². The largest absolute Gasteiger partial charge is 0.353 e. The second-order valence-corrected chi connectivity index (χ2v) is 9.56. The fourth-order valence-electron chi connectivity index (χ4n) is 2.55. The molecule has 1 N–H and O–H groups in total. The molecule has 1 aliphatic rings. The van der Waals surface area contributed by atoms with Crippen LogP contribution in [0, 0.1) is 0 Å². The van der Waals surface area contributed by atoms with E-state index in [-0.39, 0.29) is 17.7 Å². The molecule has 5 nitrogen and oxygen atoms in total. The molecular formula is C16H23ClN2O3S2. The third kappa shape index (κ3) is 5.95. The van der Waals surface area contributed by atoms with Gasteiger partial charge in [-0.05, 0) is 44.0 Å². The Kier molecular flexibility index (Phi) is 7.40. The van der Waals surface area contributed by atoms with E-state index in [1.54, 1.807) is 18.7 Å². The Morgan fingerprint density at radius 2 is 1.92 bits per heavy atom. The summed E-state index contributed by atoms with van der Waals surface area (Å²) in [6.07, 6.45) is 1.80. The number of halogens is 1. The number of nitrogens with one attached hydrogen (secondary N) is 1. The first-order valence-electron chi connectivity index (χ1n) is 8.06. The highest BCUT2D eigenvalue weighted by molar-refractivity contribution is 7.99. The van der Waals surface area contributed by atoms with Crippen molar-refractivity contribution in [2.45, 2.75) is 37.1 Å². The van der Waals surface area contributed by atoms with Crippen LogP contribution in [0.5, 0.6) is 0 Å². The van der Waals surface area contributed by atoms with Gasteiger partial charge >= 0.3 is 0 Å². The van der Waals surface area contributed by atoms with Gasteiger partial charge in [-0.15, -0.1) is 11.8 Å². The minimum atomic E-state index is -3.11. The molecule has 2 rings (SSSR count). The third-order valence-electron chi connectivity index (χ3n) is 3.99. The van der Waals surface area contributed by atoms with Crippen molar-refractivity contribution in [2.24, 2.45) is 0 Å². The first-order chi connectivity index (χ1) is 11.4. The first-order valence-corrected chi connectivity index (χ1v) is 11.0. The highest BCUT2D eigenvalue weighted by Gasteiger charge is 2.27. The predicted molar refractivity (Wildman–Crippen MR) is 99.0 cm³/mol. The number of sulfonamides is 1. The monoisotopic (exact) mass is 390 g/mol. The van der Waals surface area contributed by atoms with Gasteiger partial charge in [-0.2, -0.15) is 0 Å². The standard InChI is InChI=1S/C16H23ClN2O3S2/c1-2-24(21,22)19-10-7-14(8-11-19)18-16(20)9-12-23-15-5-3-13(17)4-6-15/h3-6,14H,2,7-12H2,1H3,(H,18,20). The van der Waals surface area contributed by atoms with Gasteiger partial charge in [0.05, 0.1) is 5.75 Å². The van der Waals surface area contributed by atoms with E-state index in [2.05, 4.69) is 5.32 Å². The van der Waals surface area contributed by atoms with Crippen molar-refractivity contribution in [3.05, 3.63) is 29.3 Å². The molecule has 0 radical (unpaired) electrons. The molecule has 0 unspecified atom stereocenters. The minimum absolute atomic E-state index is 0.0215. The lowest BCUT2D eigenvalue weighted by molar-refractivity contribution is -0.121. The molecule has 1 amide bonds. The number of amides is 1. The Balaban J connectivity index is 1.67. The van der Waals surface area contributed by atoms with Crippen LogP contribution in [0.15, 0.2) is 29.2 Å². The molecule has 1 aliphatic heterocycles. The van der Waals surface area contributed by atoms with Gasteiger partial charge < -0.3 is 5.32 Å². The molecule has 0 bridgehead atoms. The summed E-state index contributed by atoms with van der Waals surface area (Å²) >= 11 is 7.46. The highest BCUT2D eigenvalue weighted by Crippen LogP contribution is 2.21. The van der Waals surface area contributed by atoms with E-state index in [4.69, 9.17) is 11.6 Å². The molecular weight excluding hydrogens is 368 g/mol. The Hall–Kier alpha value is -0.760. The van der Waals surface area contributed by atoms with E-state index in [9.17, 15) is 13.2 Å². The number of nitrogens with zero attached hydrogens (tertiary/aromatic N) is 1. The second-order valence-electron chi connectivity index (χ2n) is 5.69. The van der Waals surface area contributed by atoms with Gasteiger partial charge in [0.1, 0.15) is 0 Å². The third-order valence-corrected chi connectivity index (χ3v) is 7.14. The van der Waals surface area contributed by atoms with Crippen molar-refractivity contribution in [3.8, 4) is 0 Å². The van der Waals surface area contributed by atoms with Gasteiger partial charge in [0.2, 0.25) is 15.9 Å². The number of piperidine rings is 1. The number of carbonyl (C=O) groups is 1. The van der Waals surface area contributed by atoms with Crippen LogP contribution in [-0.2, 0) is 14.8 Å². The number of rotatable bonds is 7. The van der Waals surface area contributed by atoms with Crippen LogP contribution in [0.25, 0.3) is 0 Å². The van der Waals surface area contributed by atoms with Crippen LogP contribution in [0.3, 0.4) is 0 Å². The average molecular weight is 391 g/mol. The number of thioether (sulfide) groups is 1. The second kappa shape index (κ2) is 9.08. The molecule has 1 aromatic carbocycles. The van der Waals surface area contributed by atoms with Crippen molar-refractivity contribution >= 4 is 39.3 Å². The van der Waals surface area contributed by atoms with Gasteiger partial charge in [-0.1, -0.05) is 11.6 Å². The van der Waals surface area contributed by atoms with Gasteiger partial charge in [-0.25, -0.2) is 12.7 Å².